The van der Waals surface area contributed by atoms with E-state index in [-0.39, 0.29) is 0 Å². The molecule has 0 saturated carbocycles. The van der Waals surface area contributed by atoms with E-state index in [1.807, 2.05) is 11.3 Å². The van der Waals surface area contributed by atoms with Crippen LogP contribution in [-0.2, 0) is 0 Å². The zero-order chi connectivity index (χ0) is 40.7. The van der Waals surface area contributed by atoms with E-state index in [0.717, 1.165) is 55.3 Å². The van der Waals surface area contributed by atoms with Gasteiger partial charge in [-0.05, 0) is 92.0 Å². The first-order chi connectivity index (χ1) is 30.7. The summed E-state index contributed by atoms with van der Waals surface area (Å²) in [6, 6.07) is 73.9. The molecule has 0 amide bonds. The molecule has 0 aliphatic heterocycles. The van der Waals surface area contributed by atoms with Crippen molar-refractivity contribution in [2.75, 3.05) is 0 Å². The summed E-state index contributed by atoms with van der Waals surface area (Å²) in [6.45, 7) is 0. The van der Waals surface area contributed by atoms with Gasteiger partial charge in [0.1, 0.15) is 0 Å². The van der Waals surface area contributed by atoms with Crippen molar-refractivity contribution in [2.24, 2.45) is 0 Å². The summed E-state index contributed by atoms with van der Waals surface area (Å²) < 4.78 is 4.88. The van der Waals surface area contributed by atoms with Gasteiger partial charge < -0.3 is 4.57 Å². The van der Waals surface area contributed by atoms with Crippen molar-refractivity contribution in [2.45, 2.75) is 0 Å². The van der Waals surface area contributed by atoms with Crippen molar-refractivity contribution in [3.8, 4) is 51.0 Å². The number of benzene rings is 10. The average Bonchev–Trinajstić information content (AvgIpc) is 3.88. The fraction of sp³-hybridized carbons (Fsp3) is 0. The van der Waals surface area contributed by atoms with Gasteiger partial charge in [-0.25, -0.2) is 15.0 Å². The van der Waals surface area contributed by atoms with E-state index >= 15 is 0 Å². The minimum atomic E-state index is 0.624. The molecule has 0 fully saturated rings. The molecule has 0 N–H and O–H groups in total. The summed E-state index contributed by atoms with van der Waals surface area (Å²) in [5, 5.41) is 12.0. The Morgan fingerprint density at radius 1 is 0.323 bits per heavy atom. The third-order valence-electron chi connectivity index (χ3n) is 12.4. The van der Waals surface area contributed by atoms with Crippen molar-refractivity contribution < 1.29 is 0 Å². The molecule has 4 nitrogen and oxygen atoms in total. The van der Waals surface area contributed by atoms with Crippen LogP contribution in [0.15, 0.2) is 206 Å². The van der Waals surface area contributed by atoms with Gasteiger partial charge in [-0.3, -0.25) is 0 Å². The first-order valence-electron chi connectivity index (χ1n) is 20.9. The highest BCUT2D eigenvalue weighted by Crippen LogP contribution is 2.44. The van der Waals surface area contributed by atoms with Gasteiger partial charge >= 0.3 is 0 Å². The Morgan fingerprint density at radius 3 is 1.77 bits per heavy atom. The van der Waals surface area contributed by atoms with Crippen LogP contribution in [-0.4, -0.2) is 19.5 Å². The molecule has 0 atom stereocenters. The van der Waals surface area contributed by atoms with Crippen LogP contribution in [0.4, 0.5) is 0 Å². The number of hydrogen-bond donors (Lipinski definition) is 0. The lowest BCUT2D eigenvalue weighted by Gasteiger charge is -2.15. The van der Waals surface area contributed by atoms with Crippen molar-refractivity contribution in [3.05, 3.63) is 206 Å². The molecule has 0 saturated heterocycles. The summed E-state index contributed by atoms with van der Waals surface area (Å²) >= 11 is 1.81. The van der Waals surface area contributed by atoms with Gasteiger partial charge in [-0.15, -0.1) is 11.3 Å². The fourth-order valence-corrected chi connectivity index (χ4v) is 10.7. The molecule has 62 heavy (non-hydrogen) atoms. The second-order valence-corrected chi connectivity index (χ2v) is 17.1. The summed E-state index contributed by atoms with van der Waals surface area (Å²) in [5.74, 6) is 1.89. The predicted molar refractivity (Wildman–Crippen MR) is 261 cm³/mol. The minimum Gasteiger partial charge on any atom is -0.309 e. The second kappa shape index (κ2) is 13.8. The molecule has 0 unspecified atom stereocenters. The maximum Gasteiger partial charge on any atom is 0.164 e. The highest BCUT2D eigenvalue weighted by atomic mass is 32.1. The predicted octanol–water partition coefficient (Wildman–Crippen LogP) is 15.5. The molecule has 13 aromatic rings. The Hall–Kier alpha value is -7.99. The molecule has 0 radical (unpaired) electrons. The van der Waals surface area contributed by atoms with Crippen LogP contribution in [0.2, 0.25) is 0 Å². The molecule has 3 heterocycles. The first kappa shape index (κ1) is 34.8. The highest BCUT2D eigenvalue weighted by molar-refractivity contribution is 7.26. The van der Waals surface area contributed by atoms with E-state index in [9.17, 15) is 0 Å². The molecule has 5 heteroatoms. The largest absolute Gasteiger partial charge is 0.309 e. The van der Waals surface area contributed by atoms with Crippen molar-refractivity contribution >= 4 is 85.6 Å². The molecule has 13 rings (SSSR count). The second-order valence-electron chi connectivity index (χ2n) is 16.0. The van der Waals surface area contributed by atoms with E-state index in [4.69, 9.17) is 15.0 Å². The fourth-order valence-electron chi connectivity index (χ4n) is 9.52. The Kier molecular flexibility index (Phi) is 7.74. The summed E-state index contributed by atoms with van der Waals surface area (Å²) in [6.07, 6.45) is 0. The number of para-hydroxylation sites is 1. The van der Waals surface area contributed by atoms with Crippen LogP contribution in [0.5, 0.6) is 0 Å². The third kappa shape index (κ3) is 5.49. The number of hydrogen-bond acceptors (Lipinski definition) is 4. The van der Waals surface area contributed by atoms with Gasteiger partial charge in [0, 0.05) is 47.6 Å². The molecule has 10 aromatic carbocycles. The third-order valence-corrected chi connectivity index (χ3v) is 13.5. The number of thiophene rings is 1. The van der Waals surface area contributed by atoms with Gasteiger partial charge in [0.25, 0.3) is 0 Å². The van der Waals surface area contributed by atoms with Crippen molar-refractivity contribution in [1.29, 1.82) is 0 Å². The van der Waals surface area contributed by atoms with Crippen LogP contribution >= 0.6 is 11.3 Å². The zero-order valence-electron chi connectivity index (χ0n) is 33.3. The van der Waals surface area contributed by atoms with E-state index in [1.54, 1.807) is 0 Å². The normalized spacial score (nSPS) is 11.9. The first-order valence-corrected chi connectivity index (χ1v) is 21.7. The monoisotopic (exact) mass is 806 g/mol. The van der Waals surface area contributed by atoms with E-state index in [2.05, 4.69) is 211 Å². The van der Waals surface area contributed by atoms with Gasteiger partial charge in [-0.1, -0.05) is 158 Å². The number of fused-ring (bicyclic) bond motifs is 10. The summed E-state index contributed by atoms with van der Waals surface area (Å²) in [5.41, 5.74) is 8.50. The number of nitrogens with zero attached hydrogens (tertiary/aromatic N) is 4. The number of aromatic nitrogens is 4. The van der Waals surface area contributed by atoms with Crippen LogP contribution in [0.3, 0.4) is 0 Å². The Balaban J connectivity index is 1.12. The zero-order valence-corrected chi connectivity index (χ0v) is 34.1. The lowest BCUT2D eigenvalue weighted by Crippen LogP contribution is -2.02. The highest BCUT2D eigenvalue weighted by Gasteiger charge is 2.22. The van der Waals surface area contributed by atoms with Gasteiger partial charge in [0.15, 0.2) is 17.5 Å². The van der Waals surface area contributed by atoms with Gasteiger partial charge in [0.2, 0.25) is 0 Å². The Bertz CT molecular complexity index is 3940. The SMILES string of the molecule is c1ccc(-c2cccc(-c3nc(-c4cc(-n5c6ccccc6c6cc7ccccc7cc65)c5c(c4)sc4ccccc45)nc(-c4cc5ccccc5c5ccccc45)n3)c2)cc1. The minimum absolute atomic E-state index is 0.624. The van der Waals surface area contributed by atoms with E-state index < -0.39 is 0 Å². The molecule has 0 aliphatic rings. The summed E-state index contributed by atoms with van der Waals surface area (Å²) in [7, 11) is 0. The molecule has 0 aliphatic carbocycles. The molecule has 0 spiro atoms. The lowest BCUT2D eigenvalue weighted by atomic mass is 9.96. The van der Waals surface area contributed by atoms with Crippen LogP contribution in [0.25, 0.3) is 125 Å². The van der Waals surface area contributed by atoms with Gasteiger partial charge in [-0.2, -0.15) is 0 Å². The van der Waals surface area contributed by atoms with Crippen molar-refractivity contribution in [3.63, 3.8) is 0 Å². The molecule has 3 aromatic heterocycles. The topological polar surface area (TPSA) is 43.6 Å². The number of rotatable bonds is 5. The quantitative estimate of drug-likeness (QED) is 0.163. The van der Waals surface area contributed by atoms with Crippen LogP contribution in [0, 0.1) is 0 Å². The summed E-state index contributed by atoms with van der Waals surface area (Å²) in [4.78, 5) is 16.2. The molecule has 0 bridgehead atoms. The average molecular weight is 807 g/mol. The van der Waals surface area contributed by atoms with Gasteiger partial charge in [0.05, 0.1) is 16.7 Å². The Morgan fingerprint density at radius 2 is 0.935 bits per heavy atom. The van der Waals surface area contributed by atoms with E-state index in [1.165, 1.54) is 52.5 Å². The Labute approximate surface area is 360 Å². The molecular weight excluding hydrogens is 773 g/mol. The smallest absolute Gasteiger partial charge is 0.164 e. The van der Waals surface area contributed by atoms with Crippen molar-refractivity contribution in [1.82, 2.24) is 19.5 Å². The van der Waals surface area contributed by atoms with Crippen LogP contribution < -0.4 is 0 Å². The van der Waals surface area contributed by atoms with E-state index in [0.29, 0.717) is 17.5 Å². The lowest BCUT2D eigenvalue weighted by molar-refractivity contribution is 1.08. The maximum absolute atomic E-state index is 5.46. The van der Waals surface area contributed by atoms with Crippen LogP contribution in [0.1, 0.15) is 0 Å². The molecular formula is C57H34N4S. The molecule has 288 valence electrons. The standard InChI is InChI=1S/C57H34N4S/c1-2-15-35(16-3-1)36-20-14-21-40(29-36)55-58-56(60-57(59-55)48-31-39-19-6-7-22-42(39)43-23-8-9-24-44(43)48)41-33-51(54-46-26-11-13-28-52(46)62-53(54)34-41)61-49-27-12-10-25-45(49)47-30-37-17-4-5-18-38(37)32-50(47)61/h1-34H. The maximum atomic E-state index is 5.46.